The van der Waals surface area contributed by atoms with Crippen LogP contribution >= 0.6 is 66.1 Å². The molecule has 28 heavy (non-hydrogen) atoms. The Morgan fingerprint density at radius 3 is 2.29 bits per heavy atom. The van der Waals surface area contributed by atoms with Crippen molar-refractivity contribution in [2.45, 2.75) is 65.2 Å². The lowest BCUT2D eigenvalue weighted by atomic mass is 9.96. The number of halogens is 3. The molecule has 0 aliphatic heterocycles. The topological polar surface area (TPSA) is 26.3 Å². The van der Waals surface area contributed by atoms with Gasteiger partial charge in [-0.3, -0.25) is 0 Å². The summed E-state index contributed by atoms with van der Waals surface area (Å²) in [5.74, 6) is 0.193. The van der Waals surface area contributed by atoms with Crippen LogP contribution in [0.3, 0.4) is 0 Å². The Labute approximate surface area is 198 Å². The number of thiophene rings is 2. The third-order valence-electron chi connectivity index (χ3n) is 4.67. The quantitative estimate of drug-likeness (QED) is 0.188. The SMILES string of the molecule is CCCCCCC(CCCC)COC(=O)c1cc(Br)sc1-c1sc(Br)cc1Cl. The molecule has 156 valence electrons. The second-order valence-corrected chi connectivity index (χ2v) is 12.2. The van der Waals surface area contributed by atoms with Crippen molar-refractivity contribution in [1.82, 2.24) is 0 Å². The van der Waals surface area contributed by atoms with Gasteiger partial charge in [-0.1, -0.05) is 64.0 Å². The van der Waals surface area contributed by atoms with E-state index in [4.69, 9.17) is 16.3 Å². The van der Waals surface area contributed by atoms with E-state index in [0.717, 1.165) is 30.2 Å². The zero-order valence-electron chi connectivity index (χ0n) is 16.4. The van der Waals surface area contributed by atoms with E-state index >= 15 is 0 Å². The minimum Gasteiger partial charge on any atom is -0.462 e. The molecule has 2 heterocycles. The Bertz CT molecular complexity index is 758. The average Bonchev–Trinajstić information content (AvgIpc) is 3.21. The zero-order valence-corrected chi connectivity index (χ0v) is 21.9. The minimum atomic E-state index is -0.257. The van der Waals surface area contributed by atoms with Gasteiger partial charge in [0.2, 0.25) is 0 Å². The highest BCUT2D eigenvalue weighted by atomic mass is 79.9. The summed E-state index contributed by atoms with van der Waals surface area (Å²) in [4.78, 5) is 14.6. The largest absolute Gasteiger partial charge is 0.462 e. The first-order valence-electron chi connectivity index (χ1n) is 9.87. The Kier molecular flexibility index (Phi) is 11.1. The van der Waals surface area contributed by atoms with Gasteiger partial charge in [-0.25, -0.2) is 4.79 Å². The number of carbonyl (C=O) groups excluding carboxylic acids is 1. The van der Waals surface area contributed by atoms with Crippen molar-refractivity contribution in [2.75, 3.05) is 6.61 Å². The molecule has 2 rings (SSSR count). The smallest absolute Gasteiger partial charge is 0.339 e. The van der Waals surface area contributed by atoms with Crippen LogP contribution in [0.15, 0.2) is 19.7 Å². The van der Waals surface area contributed by atoms with Crippen LogP contribution in [0.25, 0.3) is 9.75 Å². The standard InChI is InChI=1S/C21H27Br2ClO2S2/c1-3-5-7-8-10-14(9-6-4-2)13-26-21(25)15-11-17(22)27-19(15)20-16(24)12-18(23)28-20/h11-12,14H,3-10,13H2,1-2H3. The summed E-state index contributed by atoms with van der Waals surface area (Å²) in [6.45, 7) is 4.93. The fourth-order valence-corrected chi connectivity index (χ4v) is 6.92. The van der Waals surface area contributed by atoms with Crippen molar-refractivity contribution in [3.05, 3.63) is 30.3 Å². The molecular formula is C21H27Br2ClO2S2. The van der Waals surface area contributed by atoms with Crippen molar-refractivity contribution in [1.29, 1.82) is 0 Å². The average molecular weight is 571 g/mol. The molecule has 0 aliphatic rings. The van der Waals surface area contributed by atoms with Gasteiger partial charge in [0.1, 0.15) is 0 Å². The van der Waals surface area contributed by atoms with Crippen molar-refractivity contribution >= 4 is 72.1 Å². The molecule has 2 nitrogen and oxygen atoms in total. The fourth-order valence-electron chi connectivity index (χ4n) is 3.11. The van der Waals surface area contributed by atoms with E-state index in [1.54, 1.807) is 0 Å². The van der Waals surface area contributed by atoms with Gasteiger partial charge in [-0.15, -0.1) is 22.7 Å². The molecule has 0 bridgehead atoms. The maximum atomic E-state index is 12.8. The molecule has 0 aliphatic carbocycles. The third kappa shape index (κ3) is 7.42. The summed E-state index contributed by atoms with van der Waals surface area (Å²) < 4.78 is 7.61. The van der Waals surface area contributed by atoms with Crippen LogP contribution in [0.1, 0.15) is 75.6 Å². The number of unbranched alkanes of at least 4 members (excludes halogenated alkanes) is 4. The summed E-state index contributed by atoms with van der Waals surface area (Å²) in [5, 5.41) is 0.650. The molecule has 0 saturated heterocycles. The van der Waals surface area contributed by atoms with Crippen LogP contribution in [0, 0.1) is 5.92 Å². The van der Waals surface area contributed by atoms with E-state index in [1.807, 2.05) is 12.1 Å². The fraction of sp³-hybridized carbons (Fsp3) is 0.571. The predicted octanol–water partition coefficient (Wildman–Crippen LogP) is 9.59. The minimum absolute atomic E-state index is 0.257. The van der Waals surface area contributed by atoms with E-state index in [1.165, 1.54) is 61.2 Å². The summed E-state index contributed by atoms with van der Waals surface area (Å²) in [6, 6.07) is 3.70. The van der Waals surface area contributed by atoms with Gasteiger partial charge >= 0.3 is 5.97 Å². The highest BCUT2D eigenvalue weighted by Gasteiger charge is 2.22. The lowest BCUT2D eigenvalue weighted by Crippen LogP contribution is -2.15. The Hall–Kier alpha value is 0.120. The molecular weight excluding hydrogens is 544 g/mol. The van der Waals surface area contributed by atoms with Crippen LogP contribution in [0.2, 0.25) is 5.02 Å². The molecule has 0 aromatic carbocycles. The van der Waals surface area contributed by atoms with Crippen LogP contribution < -0.4 is 0 Å². The summed E-state index contributed by atoms with van der Waals surface area (Å²) >= 11 is 16.4. The molecule has 2 aromatic rings. The van der Waals surface area contributed by atoms with Crippen molar-refractivity contribution in [3.63, 3.8) is 0 Å². The first-order chi connectivity index (χ1) is 13.5. The van der Waals surface area contributed by atoms with E-state index in [0.29, 0.717) is 23.1 Å². The summed E-state index contributed by atoms with van der Waals surface area (Å²) in [5.41, 5.74) is 0.591. The zero-order chi connectivity index (χ0) is 20.5. The number of carbonyl (C=O) groups is 1. The van der Waals surface area contributed by atoms with Gasteiger partial charge in [-0.05, 0) is 62.8 Å². The molecule has 0 spiro atoms. The van der Waals surface area contributed by atoms with E-state index in [9.17, 15) is 4.79 Å². The Morgan fingerprint density at radius 2 is 1.64 bits per heavy atom. The lowest BCUT2D eigenvalue weighted by molar-refractivity contribution is 0.0424. The Balaban J connectivity index is 2.03. The maximum absolute atomic E-state index is 12.8. The Morgan fingerprint density at radius 1 is 1.00 bits per heavy atom. The number of rotatable bonds is 12. The first kappa shape index (κ1) is 24.4. The van der Waals surface area contributed by atoms with Gasteiger partial charge in [-0.2, -0.15) is 0 Å². The highest BCUT2D eigenvalue weighted by Crippen LogP contribution is 2.45. The molecule has 7 heteroatoms. The normalized spacial score (nSPS) is 12.3. The second-order valence-electron chi connectivity index (χ2n) is 6.98. The number of hydrogen-bond donors (Lipinski definition) is 0. The van der Waals surface area contributed by atoms with E-state index < -0.39 is 0 Å². The molecule has 2 aromatic heterocycles. The maximum Gasteiger partial charge on any atom is 0.339 e. The monoisotopic (exact) mass is 568 g/mol. The first-order valence-corrected chi connectivity index (χ1v) is 13.5. The molecule has 1 unspecified atom stereocenters. The number of hydrogen-bond acceptors (Lipinski definition) is 4. The highest BCUT2D eigenvalue weighted by molar-refractivity contribution is 9.11. The summed E-state index contributed by atoms with van der Waals surface area (Å²) in [7, 11) is 0. The third-order valence-corrected chi connectivity index (χ3v) is 8.52. The molecule has 0 radical (unpaired) electrons. The van der Waals surface area contributed by atoms with Gasteiger partial charge in [0.15, 0.2) is 0 Å². The van der Waals surface area contributed by atoms with Gasteiger partial charge in [0, 0.05) is 0 Å². The van der Waals surface area contributed by atoms with Crippen LogP contribution in [0.5, 0.6) is 0 Å². The van der Waals surface area contributed by atoms with E-state index in [-0.39, 0.29) is 5.97 Å². The van der Waals surface area contributed by atoms with Crippen molar-refractivity contribution in [3.8, 4) is 9.75 Å². The van der Waals surface area contributed by atoms with Gasteiger partial charge in [0.05, 0.1) is 34.5 Å². The van der Waals surface area contributed by atoms with Crippen molar-refractivity contribution in [2.24, 2.45) is 5.92 Å². The molecule has 0 fully saturated rings. The molecule has 0 amide bonds. The molecule has 0 N–H and O–H groups in total. The molecule has 0 saturated carbocycles. The summed E-state index contributed by atoms with van der Waals surface area (Å²) in [6.07, 6.45) is 9.62. The molecule has 1 atom stereocenters. The van der Waals surface area contributed by atoms with Crippen LogP contribution in [-0.2, 0) is 4.74 Å². The number of esters is 1. The second kappa shape index (κ2) is 12.7. The predicted molar refractivity (Wildman–Crippen MR) is 130 cm³/mol. The van der Waals surface area contributed by atoms with Crippen LogP contribution in [0.4, 0.5) is 0 Å². The van der Waals surface area contributed by atoms with Gasteiger partial charge < -0.3 is 4.74 Å². The van der Waals surface area contributed by atoms with Crippen LogP contribution in [-0.4, -0.2) is 12.6 Å². The van der Waals surface area contributed by atoms with Gasteiger partial charge in [0.25, 0.3) is 0 Å². The number of ether oxygens (including phenoxy) is 1. The van der Waals surface area contributed by atoms with E-state index in [2.05, 4.69) is 45.7 Å². The van der Waals surface area contributed by atoms with Crippen molar-refractivity contribution < 1.29 is 9.53 Å². The lowest BCUT2D eigenvalue weighted by Gasteiger charge is -2.17.